The third-order valence-electron chi connectivity index (χ3n) is 2.92. The average Bonchev–Trinajstić information content (AvgIpc) is 2.76. The Morgan fingerprint density at radius 2 is 1.83 bits per heavy atom. The van der Waals surface area contributed by atoms with Gasteiger partial charge in [-0.25, -0.2) is 4.98 Å². The van der Waals surface area contributed by atoms with Gasteiger partial charge in [0.2, 0.25) is 0 Å². The smallest absolute Gasteiger partial charge is 0.0947 e. The summed E-state index contributed by atoms with van der Waals surface area (Å²) in [6.07, 6.45) is 0.856. The SMILES string of the molecule is CC(N)Cc1nc(-c2ccc(C(C)C)cc2)cs1. The van der Waals surface area contributed by atoms with E-state index in [4.69, 9.17) is 5.73 Å². The largest absolute Gasteiger partial charge is 0.328 e. The summed E-state index contributed by atoms with van der Waals surface area (Å²) in [5.74, 6) is 0.572. The summed E-state index contributed by atoms with van der Waals surface area (Å²) in [5, 5.41) is 3.23. The topological polar surface area (TPSA) is 38.9 Å². The number of thiazole rings is 1. The summed E-state index contributed by atoms with van der Waals surface area (Å²) in [7, 11) is 0. The average molecular weight is 260 g/mol. The first-order valence-electron chi connectivity index (χ1n) is 6.36. The van der Waals surface area contributed by atoms with E-state index >= 15 is 0 Å². The van der Waals surface area contributed by atoms with Crippen LogP contribution < -0.4 is 5.73 Å². The van der Waals surface area contributed by atoms with E-state index in [1.165, 1.54) is 11.1 Å². The number of nitrogens with zero attached hydrogens (tertiary/aromatic N) is 1. The lowest BCUT2D eigenvalue weighted by Crippen LogP contribution is -2.17. The van der Waals surface area contributed by atoms with Crippen LogP contribution in [0.25, 0.3) is 11.3 Å². The highest BCUT2D eigenvalue weighted by atomic mass is 32.1. The Labute approximate surface area is 113 Å². The second-order valence-corrected chi connectivity index (χ2v) is 6.03. The van der Waals surface area contributed by atoms with Crippen molar-refractivity contribution in [2.75, 3.05) is 0 Å². The number of rotatable bonds is 4. The highest BCUT2D eigenvalue weighted by Crippen LogP contribution is 2.24. The first-order chi connectivity index (χ1) is 8.56. The minimum absolute atomic E-state index is 0.173. The molecule has 1 unspecified atom stereocenters. The van der Waals surface area contributed by atoms with Crippen molar-refractivity contribution in [2.45, 2.75) is 39.2 Å². The molecule has 3 heteroatoms. The molecule has 2 rings (SSSR count). The molecule has 0 aliphatic carbocycles. The predicted molar refractivity (Wildman–Crippen MR) is 79.0 cm³/mol. The lowest BCUT2D eigenvalue weighted by Gasteiger charge is -2.05. The van der Waals surface area contributed by atoms with Crippen LogP contribution in [-0.2, 0) is 6.42 Å². The normalized spacial score (nSPS) is 12.9. The number of hydrogen-bond acceptors (Lipinski definition) is 3. The maximum atomic E-state index is 5.79. The predicted octanol–water partition coefficient (Wildman–Crippen LogP) is 3.82. The van der Waals surface area contributed by atoms with Gasteiger partial charge >= 0.3 is 0 Å². The summed E-state index contributed by atoms with van der Waals surface area (Å²) >= 11 is 1.69. The van der Waals surface area contributed by atoms with E-state index in [2.05, 4.69) is 48.5 Å². The standard InChI is InChI=1S/C15H20N2S/c1-10(2)12-4-6-13(7-5-12)14-9-18-15(17-14)8-11(3)16/h4-7,9-11H,8,16H2,1-3H3. The summed E-state index contributed by atoms with van der Waals surface area (Å²) in [4.78, 5) is 4.63. The fourth-order valence-electron chi connectivity index (χ4n) is 1.85. The zero-order chi connectivity index (χ0) is 13.1. The third-order valence-corrected chi connectivity index (χ3v) is 3.79. The molecule has 96 valence electrons. The maximum absolute atomic E-state index is 5.79. The molecule has 0 saturated heterocycles. The molecule has 18 heavy (non-hydrogen) atoms. The molecule has 1 aromatic carbocycles. The van der Waals surface area contributed by atoms with E-state index < -0.39 is 0 Å². The van der Waals surface area contributed by atoms with E-state index in [0.717, 1.165) is 17.1 Å². The van der Waals surface area contributed by atoms with Crippen molar-refractivity contribution in [1.82, 2.24) is 4.98 Å². The van der Waals surface area contributed by atoms with Gasteiger partial charge in [-0.05, 0) is 18.4 Å². The molecular formula is C15H20N2S. The number of nitrogens with two attached hydrogens (primary N) is 1. The van der Waals surface area contributed by atoms with Gasteiger partial charge in [-0.1, -0.05) is 38.1 Å². The monoisotopic (exact) mass is 260 g/mol. The quantitative estimate of drug-likeness (QED) is 0.907. The van der Waals surface area contributed by atoms with Crippen LogP contribution >= 0.6 is 11.3 Å². The molecule has 2 nitrogen and oxygen atoms in total. The van der Waals surface area contributed by atoms with E-state index in [1.807, 2.05) is 6.92 Å². The Morgan fingerprint density at radius 3 is 2.39 bits per heavy atom. The number of benzene rings is 1. The van der Waals surface area contributed by atoms with Crippen LogP contribution in [0.15, 0.2) is 29.6 Å². The molecule has 1 aromatic heterocycles. The van der Waals surface area contributed by atoms with E-state index in [-0.39, 0.29) is 6.04 Å². The van der Waals surface area contributed by atoms with Crippen LogP contribution in [0, 0.1) is 0 Å². The van der Waals surface area contributed by atoms with Gasteiger partial charge in [-0.2, -0.15) is 0 Å². The van der Waals surface area contributed by atoms with Crippen molar-refractivity contribution < 1.29 is 0 Å². The first-order valence-corrected chi connectivity index (χ1v) is 7.24. The molecule has 0 amide bonds. The lowest BCUT2D eigenvalue weighted by molar-refractivity contribution is 0.734. The highest BCUT2D eigenvalue weighted by molar-refractivity contribution is 7.09. The lowest BCUT2D eigenvalue weighted by atomic mass is 10.0. The van der Waals surface area contributed by atoms with Gasteiger partial charge in [-0.15, -0.1) is 11.3 Å². The minimum atomic E-state index is 0.173. The summed E-state index contributed by atoms with van der Waals surface area (Å²) in [6.45, 7) is 6.43. The van der Waals surface area contributed by atoms with Crippen LogP contribution in [0.1, 0.15) is 37.3 Å². The highest BCUT2D eigenvalue weighted by Gasteiger charge is 2.07. The molecule has 0 saturated carbocycles. The fourth-order valence-corrected chi connectivity index (χ4v) is 2.80. The Kier molecular flexibility index (Phi) is 4.15. The second kappa shape index (κ2) is 5.63. The summed E-state index contributed by atoms with van der Waals surface area (Å²) in [6, 6.07) is 8.85. The Hall–Kier alpha value is -1.19. The molecule has 0 aliphatic heterocycles. The van der Waals surface area contributed by atoms with Gasteiger partial charge < -0.3 is 5.73 Å². The number of hydrogen-bond donors (Lipinski definition) is 1. The van der Waals surface area contributed by atoms with E-state index in [0.29, 0.717) is 5.92 Å². The molecule has 2 N–H and O–H groups in total. The van der Waals surface area contributed by atoms with E-state index in [9.17, 15) is 0 Å². The Bertz CT molecular complexity index is 497. The van der Waals surface area contributed by atoms with Gasteiger partial charge in [-0.3, -0.25) is 0 Å². The van der Waals surface area contributed by atoms with Gasteiger partial charge in [0.05, 0.1) is 10.7 Å². The molecule has 0 fully saturated rings. The van der Waals surface area contributed by atoms with Crippen LogP contribution in [0.5, 0.6) is 0 Å². The molecule has 0 aliphatic rings. The summed E-state index contributed by atoms with van der Waals surface area (Å²) in [5.41, 5.74) is 9.41. The molecule has 0 spiro atoms. The zero-order valence-electron chi connectivity index (χ0n) is 11.2. The molecule has 0 radical (unpaired) electrons. The first kappa shape index (κ1) is 13.2. The van der Waals surface area contributed by atoms with Crippen LogP contribution in [0.2, 0.25) is 0 Å². The fraction of sp³-hybridized carbons (Fsp3) is 0.400. The van der Waals surface area contributed by atoms with Crippen molar-refractivity contribution in [2.24, 2.45) is 5.73 Å². The minimum Gasteiger partial charge on any atom is -0.328 e. The molecule has 0 bridgehead atoms. The van der Waals surface area contributed by atoms with Gasteiger partial charge in [0.1, 0.15) is 0 Å². The molecular weight excluding hydrogens is 240 g/mol. The van der Waals surface area contributed by atoms with Crippen molar-refractivity contribution in [3.8, 4) is 11.3 Å². The number of aromatic nitrogens is 1. The Morgan fingerprint density at radius 1 is 1.17 bits per heavy atom. The molecule has 1 heterocycles. The van der Waals surface area contributed by atoms with E-state index in [1.54, 1.807) is 11.3 Å². The van der Waals surface area contributed by atoms with Crippen molar-refractivity contribution >= 4 is 11.3 Å². The second-order valence-electron chi connectivity index (χ2n) is 5.08. The molecule has 1 atom stereocenters. The van der Waals surface area contributed by atoms with Crippen LogP contribution in [0.3, 0.4) is 0 Å². The van der Waals surface area contributed by atoms with Gasteiger partial charge in [0.25, 0.3) is 0 Å². The third kappa shape index (κ3) is 3.18. The van der Waals surface area contributed by atoms with Gasteiger partial charge in [0, 0.05) is 23.4 Å². The van der Waals surface area contributed by atoms with Crippen molar-refractivity contribution in [1.29, 1.82) is 0 Å². The van der Waals surface area contributed by atoms with Crippen molar-refractivity contribution in [3.05, 3.63) is 40.2 Å². The van der Waals surface area contributed by atoms with Crippen LogP contribution in [-0.4, -0.2) is 11.0 Å². The van der Waals surface area contributed by atoms with Gasteiger partial charge in [0.15, 0.2) is 0 Å². The molecule has 2 aromatic rings. The summed E-state index contributed by atoms with van der Waals surface area (Å²) < 4.78 is 0. The van der Waals surface area contributed by atoms with Crippen LogP contribution in [0.4, 0.5) is 0 Å². The Balaban J connectivity index is 2.18. The maximum Gasteiger partial charge on any atom is 0.0947 e. The zero-order valence-corrected chi connectivity index (χ0v) is 12.0. The van der Waals surface area contributed by atoms with Crippen molar-refractivity contribution in [3.63, 3.8) is 0 Å².